The zero-order valence-corrected chi connectivity index (χ0v) is 14.0. The van der Waals surface area contributed by atoms with Crippen LogP contribution in [0.2, 0.25) is 5.02 Å². The van der Waals surface area contributed by atoms with Gasteiger partial charge in [0.1, 0.15) is 0 Å². The summed E-state index contributed by atoms with van der Waals surface area (Å²) in [6.45, 7) is 0. The Hall–Kier alpha value is -0.550. The van der Waals surface area contributed by atoms with Gasteiger partial charge in [-0.05, 0) is 29.8 Å². The molecule has 0 unspecified atom stereocenters. The lowest BCUT2D eigenvalue weighted by Gasteiger charge is -1.98. The number of nitrogens with zero attached hydrogens (tertiary/aromatic N) is 1. The van der Waals surface area contributed by atoms with Crippen LogP contribution >= 0.6 is 51.7 Å². The monoisotopic (exact) mass is 371 g/mol. The van der Waals surface area contributed by atoms with Crippen LogP contribution in [0.4, 0.5) is 0 Å². The Kier molecular flexibility index (Phi) is 5.28. The van der Waals surface area contributed by atoms with Crippen LogP contribution in [0.25, 0.3) is 10.2 Å². The van der Waals surface area contributed by atoms with Crippen molar-refractivity contribution in [2.24, 2.45) is 0 Å². The van der Waals surface area contributed by atoms with Gasteiger partial charge in [-0.1, -0.05) is 47.6 Å². The SMILES string of the molecule is Br.Clc1ccc(CSc2nc3ccccc3s2)cc1. The molecule has 0 saturated heterocycles. The second-order valence-electron chi connectivity index (χ2n) is 3.86. The van der Waals surface area contributed by atoms with E-state index in [1.54, 1.807) is 23.1 Å². The summed E-state index contributed by atoms with van der Waals surface area (Å²) < 4.78 is 2.36. The highest BCUT2D eigenvalue weighted by atomic mass is 79.9. The molecule has 2 aromatic carbocycles. The van der Waals surface area contributed by atoms with Crippen molar-refractivity contribution in [3.63, 3.8) is 0 Å². The molecular formula is C14H11BrClNS2. The summed E-state index contributed by atoms with van der Waals surface area (Å²) in [5.74, 6) is 0.928. The highest BCUT2D eigenvalue weighted by Crippen LogP contribution is 2.31. The van der Waals surface area contributed by atoms with Gasteiger partial charge in [0.05, 0.1) is 10.2 Å². The number of halogens is 2. The highest BCUT2D eigenvalue weighted by molar-refractivity contribution is 8.93. The van der Waals surface area contributed by atoms with E-state index in [0.29, 0.717) is 0 Å². The third-order valence-electron chi connectivity index (χ3n) is 2.55. The molecule has 0 fully saturated rings. The fraction of sp³-hybridized carbons (Fsp3) is 0.0714. The van der Waals surface area contributed by atoms with Crippen LogP contribution in [0.3, 0.4) is 0 Å². The molecule has 1 aromatic heterocycles. The second-order valence-corrected chi connectivity index (χ2v) is 6.55. The van der Waals surface area contributed by atoms with Crippen LogP contribution < -0.4 is 0 Å². The number of thioether (sulfide) groups is 1. The maximum Gasteiger partial charge on any atom is 0.151 e. The van der Waals surface area contributed by atoms with E-state index < -0.39 is 0 Å². The Morgan fingerprint density at radius 2 is 1.79 bits per heavy atom. The molecule has 19 heavy (non-hydrogen) atoms. The number of para-hydroxylation sites is 1. The van der Waals surface area contributed by atoms with Crippen molar-refractivity contribution in [2.45, 2.75) is 10.1 Å². The molecule has 3 aromatic rings. The summed E-state index contributed by atoms with van der Waals surface area (Å²) in [4.78, 5) is 4.60. The molecule has 0 atom stereocenters. The van der Waals surface area contributed by atoms with Crippen LogP contribution in [-0.2, 0) is 5.75 Å². The van der Waals surface area contributed by atoms with Crippen molar-refractivity contribution in [1.82, 2.24) is 4.98 Å². The molecule has 0 spiro atoms. The lowest BCUT2D eigenvalue weighted by atomic mass is 10.2. The molecule has 1 nitrogen and oxygen atoms in total. The van der Waals surface area contributed by atoms with Gasteiger partial charge in [-0.15, -0.1) is 28.3 Å². The van der Waals surface area contributed by atoms with E-state index in [-0.39, 0.29) is 17.0 Å². The van der Waals surface area contributed by atoms with Crippen LogP contribution in [0.1, 0.15) is 5.56 Å². The van der Waals surface area contributed by atoms with Crippen molar-refractivity contribution in [3.05, 3.63) is 59.1 Å². The topological polar surface area (TPSA) is 12.9 Å². The quantitative estimate of drug-likeness (QED) is 0.537. The summed E-state index contributed by atoms with van der Waals surface area (Å²) in [5, 5.41) is 0.781. The Labute approximate surface area is 135 Å². The molecule has 1 heterocycles. The molecule has 0 N–H and O–H groups in total. The summed E-state index contributed by atoms with van der Waals surface area (Å²) in [6.07, 6.45) is 0. The molecule has 0 saturated carbocycles. The zero-order valence-electron chi connectivity index (χ0n) is 9.88. The summed E-state index contributed by atoms with van der Waals surface area (Å²) in [7, 11) is 0. The number of thiazole rings is 1. The van der Waals surface area contributed by atoms with Gasteiger partial charge in [-0.25, -0.2) is 4.98 Å². The molecule has 0 aliphatic carbocycles. The zero-order chi connectivity index (χ0) is 12.4. The third-order valence-corrected chi connectivity index (χ3v) is 5.05. The predicted octanol–water partition coefficient (Wildman–Crippen LogP) is 5.82. The van der Waals surface area contributed by atoms with Gasteiger partial charge in [0.15, 0.2) is 4.34 Å². The van der Waals surface area contributed by atoms with Crippen molar-refractivity contribution in [3.8, 4) is 0 Å². The molecule has 3 rings (SSSR count). The van der Waals surface area contributed by atoms with Crippen molar-refractivity contribution in [1.29, 1.82) is 0 Å². The smallest absolute Gasteiger partial charge is 0.151 e. The second kappa shape index (κ2) is 6.75. The van der Waals surface area contributed by atoms with Crippen LogP contribution in [-0.4, -0.2) is 4.98 Å². The van der Waals surface area contributed by atoms with E-state index >= 15 is 0 Å². The standard InChI is InChI=1S/C14H10ClNS2.BrH/c15-11-7-5-10(6-8-11)9-17-14-16-12-3-1-2-4-13(12)18-14;/h1-8H,9H2;1H. The lowest BCUT2D eigenvalue weighted by Crippen LogP contribution is -1.79. The maximum atomic E-state index is 5.87. The largest absolute Gasteiger partial charge is 0.230 e. The summed E-state index contributed by atoms with van der Waals surface area (Å²) in [6, 6.07) is 16.2. The fourth-order valence-corrected chi connectivity index (χ4v) is 3.79. The number of hydrogen-bond acceptors (Lipinski definition) is 3. The van der Waals surface area contributed by atoms with Crippen LogP contribution in [0.15, 0.2) is 52.9 Å². The molecule has 0 radical (unpaired) electrons. The van der Waals surface area contributed by atoms with Gasteiger partial charge in [-0.3, -0.25) is 0 Å². The first kappa shape index (κ1) is 14.9. The van der Waals surface area contributed by atoms with E-state index in [4.69, 9.17) is 11.6 Å². The number of hydrogen-bond donors (Lipinski definition) is 0. The van der Waals surface area contributed by atoms with E-state index in [1.807, 2.05) is 24.3 Å². The Balaban J connectivity index is 0.00000133. The highest BCUT2D eigenvalue weighted by Gasteiger charge is 2.03. The fourth-order valence-electron chi connectivity index (χ4n) is 1.64. The molecule has 0 aliphatic heterocycles. The van der Waals surface area contributed by atoms with Gasteiger partial charge in [0, 0.05) is 10.8 Å². The molecule has 5 heteroatoms. The average molecular weight is 373 g/mol. The first-order valence-corrected chi connectivity index (χ1v) is 7.72. The van der Waals surface area contributed by atoms with E-state index in [1.165, 1.54) is 10.3 Å². The van der Waals surface area contributed by atoms with E-state index in [9.17, 15) is 0 Å². The Morgan fingerprint density at radius 3 is 2.53 bits per heavy atom. The van der Waals surface area contributed by atoms with Gasteiger partial charge in [0.25, 0.3) is 0 Å². The summed E-state index contributed by atoms with van der Waals surface area (Å²) >= 11 is 9.38. The minimum absolute atomic E-state index is 0. The van der Waals surface area contributed by atoms with Gasteiger partial charge >= 0.3 is 0 Å². The molecular weight excluding hydrogens is 362 g/mol. The minimum Gasteiger partial charge on any atom is -0.230 e. The van der Waals surface area contributed by atoms with Crippen LogP contribution in [0.5, 0.6) is 0 Å². The first-order valence-electron chi connectivity index (χ1n) is 5.54. The molecule has 98 valence electrons. The summed E-state index contributed by atoms with van der Waals surface area (Å²) in [5.41, 5.74) is 2.35. The normalized spacial score (nSPS) is 10.4. The molecule has 0 amide bonds. The van der Waals surface area contributed by atoms with Gasteiger partial charge in [0.2, 0.25) is 0 Å². The van der Waals surface area contributed by atoms with E-state index in [2.05, 4.69) is 29.2 Å². The molecule has 0 aliphatic rings. The van der Waals surface area contributed by atoms with E-state index in [0.717, 1.165) is 20.6 Å². The van der Waals surface area contributed by atoms with Crippen molar-refractivity contribution in [2.75, 3.05) is 0 Å². The molecule has 0 bridgehead atoms. The first-order chi connectivity index (χ1) is 8.81. The van der Waals surface area contributed by atoms with Crippen molar-refractivity contribution < 1.29 is 0 Å². The Bertz CT molecular complexity index is 634. The minimum atomic E-state index is 0. The number of aromatic nitrogens is 1. The Morgan fingerprint density at radius 1 is 1.05 bits per heavy atom. The predicted molar refractivity (Wildman–Crippen MR) is 91.0 cm³/mol. The van der Waals surface area contributed by atoms with Gasteiger partial charge < -0.3 is 0 Å². The number of fused-ring (bicyclic) bond motifs is 1. The lowest BCUT2D eigenvalue weighted by molar-refractivity contribution is 1.29. The number of rotatable bonds is 3. The maximum absolute atomic E-state index is 5.87. The van der Waals surface area contributed by atoms with Gasteiger partial charge in [-0.2, -0.15) is 0 Å². The van der Waals surface area contributed by atoms with Crippen molar-refractivity contribution >= 4 is 61.9 Å². The third kappa shape index (κ3) is 3.72. The van der Waals surface area contributed by atoms with Crippen LogP contribution in [0, 0.1) is 0 Å². The average Bonchev–Trinajstić information content (AvgIpc) is 2.81. The number of benzene rings is 2.